The van der Waals surface area contributed by atoms with Gasteiger partial charge in [-0.2, -0.15) is 0 Å². The Kier molecular flexibility index (Phi) is 11.5. The first-order valence-corrected chi connectivity index (χ1v) is 10.4. The zero-order valence-corrected chi connectivity index (χ0v) is 20.9. The molecule has 0 aromatic heterocycles. The first-order chi connectivity index (χ1) is 13.4. The van der Waals surface area contributed by atoms with Crippen LogP contribution in [-0.4, -0.2) is 57.1 Å². The molecule has 0 radical (unpaired) electrons. The predicted molar refractivity (Wildman–Crippen MR) is 131 cm³/mol. The average Bonchev–Trinajstić information content (AvgIpc) is 2.71. The third-order valence-electron chi connectivity index (χ3n) is 5.38. The molecule has 1 atom stereocenters. The Labute approximate surface area is 193 Å². The minimum Gasteiger partial charge on any atom is -0.381 e. The number of nitrogens with zero attached hydrogens (tertiary/aromatic N) is 1. The Bertz CT molecular complexity index is 604. The van der Waals surface area contributed by atoms with Gasteiger partial charge in [-0.15, -0.1) is 24.0 Å². The summed E-state index contributed by atoms with van der Waals surface area (Å²) in [6, 6.07) is 10.9. The average molecular weight is 518 g/mol. The van der Waals surface area contributed by atoms with Gasteiger partial charge in [-0.25, -0.2) is 0 Å². The molecule has 0 bridgehead atoms. The summed E-state index contributed by atoms with van der Waals surface area (Å²) < 4.78 is 11.1. The van der Waals surface area contributed by atoms with Gasteiger partial charge in [-0.05, 0) is 46.1 Å². The van der Waals surface area contributed by atoms with Gasteiger partial charge in [0.05, 0.1) is 12.1 Å². The molecule has 0 saturated carbocycles. The van der Waals surface area contributed by atoms with E-state index in [9.17, 15) is 0 Å². The number of ether oxygens (including phenoxy) is 2. The molecule has 1 aliphatic rings. The molecule has 1 fully saturated rings. The summed E-state index contributed by atoms with van der Waals surface area (Å²) in [5.41, 5.74) is 0.995. The van der Waals surface area contributed by atoms with Gasteiger partial charge >= 0.3 is 0 Å². The van der Waals surface area contributed by atoms with Crippen molar-refractivity contribution < 1.29 is 9.47 Å². The third-order valence-corrected chi connectivity index (χ3v) is 5.38. The molecule has 6 nitrogen and oxygen atoms in total. The molecular weight excluding hydrogens is 479 g/mol. The first-order valence-electron chi connectivity index (χ1n) is 10.4. The fraction of sp³-hybridized carbons (Fsp3) is 0.682. The number of guanidine groups is 1. The number of hydrogen-bond donors (Lipinski definition) is 3. The highest BCUT2D eigenvalue weighted by atomic mass is 127. The van der Waals surface area contributed by atoms with Crippen LogP contribution in [0, 0.1) is 0 Å². The van der Waals surface area contributed by atoms with E-state index in [1.807, 2.05) is 13.8 Å². The molecule has 29 heavy (non-hydrogen) atoms. The molecule has 0 aliphatic carbocycles. The smallest absolute Gasteiger partial charge is 0.191 e. The largest absolute Gasteiger partial charge is 0.381 e. The molecule has 3 N–H and O–H groups in total. The zero-order valence-electron chi connectivity index (χ0n) is 18.6. The van der Waals surface area contributed by atoms with E-state index in [2.05, 4.69) is 60.1 Å². The maximum Gasteiger partial charge on any atom is 0.191 e. The second kappa shape index (κ2) is 12.7. The highest BCUT2D eigenvalue weighted by molar-refractivity contribution is 14.0. The van der Waals surface area contributed by atoms with Crippen LogP contribution in [0.3, 0.4) is 0 Å². The summed E-state index contributed by atoms with van der Waals surface area (Å²) in [7, 11) is 1.72. The maximum absolute atomic E-state index is 5.64. The SMILES string of the molecule is CCNC(=NCC(C)(C)OC)NCC1(NC(C)c2ccccc2)CCOCC1.I. The van der Waals surface area contributed by atoms with E-state index in [1.54, 1.807) is 7.11 Å². The molecule has 1 saturated heterocycles. The standard InChI is InChI=1S/C22H38N4O2.HI/c1-6-23-20(24-16-21(3,4)27-5)25-17-22(12-14-28-15-13-22)26-18(2)19-10-8-7-9-11-19;/h7-11,18,26H,6,12-17H2,1-5H3,(H2,23,24,25);1H. The molecular formula is C22H39IN4O2. The van der Waals surface area contributed by atoms with E-state index in [4.69, 9.17) is 14.5 Å². The Hall–Kier alpha value is -0.900. The molecule has 1 heterocycles. The normalized spacial score (nSPS) is 17.9. The number of nitrogens with one attached hydrogen (secondary N) is 3. The van der Waals surface area contributed by atoms with Crippen molar-refractivity contribution in [1.29, 1.82) is 0 Å². The highest BCUT2D eigenvalue weighted by Crippen LogP contribution is 2.25. The molecule has 1 aromatic rings. The first kappa shape index (κ1) is 26.1. The van der Waals surface area contributed by atoms with Crippen LogP contribution in [0.5, 0.6) is 0 Å². The van der Waals surface area contributed by atoms with Crippen molar-refractivity contribution in [2.75, 3.05) is 40.0 Å². The molecule has 0 spiro atoms. The van der Waals surface area contributed by atoms with E-state index >= 15 is 0 Å². The topological polar surface area (TPSA) is 66.9 Å². The molecule has 1 aliphatic heterocycles. The lowest BCUT2D eigenvalue weighted by Gasteiger charge is -2.41. The summed E-state index contributed by atoms with van der Waals surface area (Å²) >= 11 is 0. The third kappa shape index (κ3) is 8.78. The van der Waals surface area contributed by atoms with E-state index in [1.165, 1.54) is 5.56 Å². The highest BCUT2D eigenvalue weighted by Gasteiger charge is 2.34. The van der Waals surface area contributed by atoms with Crippen LogP contribution in [-0.2, 0) is 9.47 Å². The molecule has 1 aromatic carbocycles. The van der Waals surface area contributed by atoms with E-state index in [0.717, 1.165) is 45.1 Å². The predicted octanol–water partition coefficient (Wildman–Crippen LogP) is 3.48. The van der Waals surface area contributed by atoms with Crippen molar-refractivity contribution in [3.8, 4) is 0 Å². The van der Waals surface area contributed by atoms with E-state index < -0.39 is 0 Å². The van der Waals surface area contributed by atoms with Crippen LogP contribution >= 0.6 is 24.0 Å². The molecule has 0 amide bonds. The second-order valence-corrected chi connectivity index (χ2v) is 8.18. The second-order valence-electron chi connectivity index (χ2n) is 8.18. The van der Waals surface area contributed by atoms with Gasteiger partial charge in [0.15, 0.2) is 5.96 Å². The van der Waals surface area contributed by atoms with Crippen molar-refractivity contribution in [3.05, 3.63) is 35.9 Å². The Morgan fingerprint density at radius 1 is 1.21 bits per heavy atom. The monoisotopic (exact) mass is 518 g/mol. The Morgan fingerprint density at radius 3 is 2.45 bits per heavy atom. The van der Waals surface area contributed by atoms with Gasteiger partial charge in [0.25, 0.3) is 0 Å². The maximum atomic E-state index is 5.64. The molecule has 166 valence electrons. The number of methoxy groups -OCH3 is 1. The Morgan fingerprint density at radius 2 is 1.86 bits per heavy atom. The van der Waals surface area contributed by atoms with Gasteiger partial charge < -0.3 is 25.4 Å². The number of rotatable bonds is 9. The minimum absolute atomic E-state index is 0. The van der Waals surface area contributed by atoms with Crippen molar-refractivity contribution in [2.24, 2.45) is 4.99 Å². The minimum atomic E-state index is -0.279. The van der Waals surface area contributed by atoms with Crippen LogP contribution in [0.25, 0.3) is 0 Å². The number of aliphatic imine (C=N–C) groups is 1. The van der Waals surface area contributed by atoms with Crippen LogP contribution in [0.15, 0.2) is 35.3 Å². The van der Waals surface area contributed by atoms with Crippen LogP contribution < -0.4 is 16.0 Å². The van der Waals surface area contributed by atoms with E-state index in [-0.39, 0.29) is 41.2 Å². The summed E-state index contributed by atoms with van der Waals surface area (Å²) in [4.78, 5) is 4.72. The number of hydrogen-bond acceptors (Lipinski definition) is 4. The fourth-order valence-corrected chi connectivity index (χ4v) is 3.35. The van der Waals surface area contributed by atoms with Gasteiger partial charge in [0.2, 0.25) is 0 Å². The van der Waals surface area contributed by atoms with Crippen LogP contribution in [0.1, 0.15) is 52.1 Å². The van der Waals surface area contributed by atoms with Crippen molar-refractivity contribution in [2.45, 2.75) is 57.7 Å². The number of halogens is 1. The molecule has 2 rings (SSSR count). The summed E-state index contributed by atoms with van der Waals surface area (Å²) in [6.07, 6.45) is 1.94. The lowest BCUT2D eigenvalue weighted by Crippen LogP contribution is -2.58. The summed E-state index contributed by atoms with van der Waals surface area (Å²) in [5.74, 6) is 0.827. The quantitative estimate of drug-likeness (QED) is 0.266. The van der Waals surface area contributed by atoms with Crippen LogP contribution in [0.2, 0.25) is 0 Å². The van der Waals surface area contributed by atoms with Crippen molar-refractivity contribution in [3.63, 3.8) is 0 Å². The van der Waals surface area contributed by atoms with Crippen molar-refractivity contribution in [1.82, 2.24) is 16.0 Å². The zero-order chi connectivity index (χ0) is 20.5. The van der Waals surface area contributed by atoms with Crippen LogP contribution in [0.4, 0.5) is 0 Å². The molecule has 1 unspecified atom stereocenters. The summed E-state index contributed by atoms with van der Waals surface area (Å²) in [6.45, 7) is 12.2. The summed E-state index contributed by atoms with van der Waals surface area (Å²) in [5, 5.41) is 10.8. The Balaban J connectivity index is 0.00000420. The molecule has 7 heteroatoms. The van der Waals surface area contributed by atoms with Gasteiger partial charge in [0, 0.05) is 45.0 Å². The van der Waals surface area contributed by atoms with Gasteiger partial charge in [-0.1, -0.05) is 30.3 Å². The fourth-order valence-electron chi connectivity index (χ4n) is 3.35. The lowest BCUT2D eigenvalue weighted by atomic mass is 9.88. The van der Waals surface area contributed by atoms with Gasteiger partial charge in [0.1, 0.15) is 0 Å². The number of benzene rings is 1. The lowest BCUT2D eigenvalue weighted by molar-refractivity contribution is 0.0308. The van der Waals surface area contributed by atoms with E-state index in [0.29, 0.717) is 6.54 Å². The van der Waals surface area contributed by atoms with Crippen molar-refractivity contribution >= 4 is 29.9 Å². The van der Waals surface area contributed by atoms with Gasteiger partial charge in [-0.3, -0.25) is 4.99 Å².